The smallest absolute Gasteiger partial charge is 0.309 e. The zero-order valence-corrected chi connectivity index (χ0v) is 13.1. The lowest BCUT2D eigenvalue weighted by Gasteiger charge is -2.13. The molecule has 1 atom stereocenters. The molecule has 0 saturated carbocycles. The van der Waals surface area contributed by atoms with Gasteiger partial charge in [0.1, 0.15) is 5.75 Å². The number of aromatic nitrogens is 1. The zero-order chi connectivity index (χ0) is 16.1. The number of anilines is 1. The van der Waals surface area contributed by atoms with Crippen LogP contribution in [0.5, 0.6) is 5.75 Å². The Kier molecular flexibility index (Phi) is 5.35. The largest absolute Gasteiger partial charge is 0.481 e. The van der Waals surface area contributed by atoms with Gasteiger partial charge in [-0.05, 0) is 31.2 Å². The van der Waals surface area contributed by atoms with E-state index < -0.39 is 12.1 Å². The van der Waals surface area contributed by atoms with Crippen LogP contribution in [-0.4, -0.2) is 28.1 Å². The lowest BCUT2D eigenvalue weighted by Crippen LogP contribution is -2.30. The van der Waals surface area contributed by atoms with Gasteiger partial charge in [0, 0.05) is 10.4 Å². The van der Waals surface area contributed by atoms with E-state index in [9.17, 15) is 9.59 Å². The van der Waals surface area contributed by atoms with Crippen LogP contribution >= 0.6 is 22.9 Å². The van der Waals surface area contributed by atoms with E-state index in [2.05, 4.69) is 10.3 Å². The standard InChI is InChI=1S/C14H13ClN2O4S/c1-8(21-11-4-2-9(15)3-5-11)13(20)17-14-16-10(7-22-14)6-12(18)19/h2-5,7-8H,6H2,1H3,(H,18,19)(H,16,17,20)/t8-/m0/s1. The van der Waals surface area contributed by atoms with Crippen molar-refractivity contribution in [3.63, 3.8) is 0 Å². The van der Waals surface area contributed by atoms with Crippen molar-refractivity contribution in [2.45, 2.75) is 19.4 Å². The average Bonchev–Trinajstić information content (AvgIpc) is 2.87. The lowest BCUT2D eigenvalue weighted by molar-refractivity contribution is -0.136. The minimum absolute atomic E-state index is 0.177. The Morgan fingerprint density at radius 1 is 1.41 bits per heavy atom. The summed E-state index contributed by atoms with van der Waals surface area (Å²) in [7, 11) is 0. The SMILES string of the molecule is C[C@H](Oc1ccc(Cl)cc1)C(=O)Nc1nc(CC(=O)O)cs1. The summed E-state index contributed by atoms with van der Waals surface area (Å²) in [5.41, 5.74) is 0.402. The first-order valence-corrected chi connectivity index (χ1v) is 7.59. The highest BCUT2D eigenvalue weighted by Crippen LogP contribution is 2.19. The summed E-state index contributed by atoms with van der Waals surface area (Å²) in [6.07, 6.45) is -0.906. The molecule has 0 aliphatic rings. The Morgan fingerprint density at radius 3 is 2.73 bits per heavy atom. The van der Waals surface area contributed by atoms with E-state index in [1.54, 1.807) is 36.6 Å². The summed E-state index contributed by atoms with van der Waals surface area (Å²) >= 11 is 6.94. The van der Waals surface area contributed by atoms with Crippen molar-refractivity contribution in [3.05, 3.63) is 40.4 Å². The second-order valence-corrected chi connectivity index (χ2v) is 5.71. The highest BCUT2D eigenvalue weighted by atomic mass is 35.5. The first kappa shape index (κ1) is 16.3. The topological polar surface area (TPSA) is 88.5 Å². The summed E-state index contributed by atoms with van der Waals surface area (Å²) < 4.78 is 5.49. The molecule has 0 aliphatic carbocycles. The predicted octanol–water partition coefficient (Wildman–Crippen LogP) is 2.83. The summed E-state index contributed by atoms with van der Waals surface area (Å²) in [5, 5.41) is 13.8. The first-order valence-electron chi connectivity index (χ1n) is 6.33. The molecule has 2 rings (SSSR count). The normalized spacial score (nSPS) is 11.7. The third-order valence-electron chi connectivity index (χ3n) is 2.61. The molecule has 1 heterocycles. The molecular weight excluding hydrogens is 328 g/mol. The van der Waals surface area contributed by atoms with Gasteiger partial charge in [-0.3, -0.25) is 14.9 Å². The molecule has 1 aromatic carbocycles. The fourth-order valence-corrected chi connectivity index (χ4v) is 2.42. The number of carboxylic acid groups (broad SMARTS) is 1. The Hall–Kier alpha value is -2.12. The van der Waals surface area contributed by atoms with Crippen molar-refractivity contribution in [2.24, 2.45) is 0 Å². The lowest BCUT2D eigenvalue weighted by atomic mass is 10.3. The number of aliphatic carboxylic acids is 1. The van der Waals surface area contributed by atoms with Crippen LogP contribution in [0.2, 0.25) is 5.02 Å². The number of thiazole rings is 1. The number of hydrogen-bond donors (Lipinski definition) is 2. The summed E-state index contributed by atoms with van der Waals surface area (Å²) in [6, 6.07) is 6.67. The van der Waals surface area contributed by atoms with Crippen LogP contribution in [0.3, 0.4) is 0 Å². The first-order chi connectivity index (χ1) is 10.4. The number of nitrogens with zero attached hydrogens (tertiary/aromatic N) is 1. The number of nitrogens with one attached hydrogen (secondary N) is 1. The molecule has 1 amide bonds. The molecule has 2 N–H and O–H groups in total. The molecule has 0 spiro atoms. The van der Waals surface area contributed by atoms with E-state index in [1.807, 2.05) is 0 Å². The van der Waals surface area contributed by atoms with Gasteiger partial charge in [0.25, 0.3) is 5.91 Å². The molecule has 116 valence electrons. The molecule has 1 aromatic heterocycles. The average molecular weight is 341 g/mol. The van der Waals surface area contributed by atoms with Crippen molar-refractivity contribution in [3.8, 4) is 5.75 Å². The maximum Gasteiger partial charge on any atom is 0.309 e. The van der Waals surface area contributed by atoms with Gasteiger partial charge in [-0.15, -0.1) is 11.3 Å². The monoisotopic (exact) mass is 340 g/mol. The van der Waals surface area contributed by atoms with Crippen molar-refractivity contribution in [1.29, 1.82) is 0 Å². The molecule has 8 heteroatoms. The van der Waals surface area contributed by atoms with Gasteiger partial charge in [0.15, 0.2) is 11.2 Å². The van der Waals surface area contributed by atoms with Gasteiger partial charge in [-0.25, -0.2) is 4.98 Å². The molecule has 0 bridgehead atoms. The van der Waals surface area contributed by atoms with Crippen molar-refractivity contribution in [1.82, 2.24) is 4.98 Å². The van der Waals surface area contributed by atoms with E-state index >= 15 is 0 Å². The third-order valence-corrected chi connectivity index (χ3v) is 3.67. The summed E-state index contributed by atoms with van der Waals surface area (Å²) in [4.78, 5) is 26.6. The maximum absolute atomic E-state index is 12.0. The van der Waals surface area contributed by atoms with Gasteiger partial charge >= 0.3 is 5.97 Å². The summed E-state index contributed by atoms with van der Waals surface area (Å²) in [6.45, 7) is 1.61. The Bertz CT molecular complexity index is 672. The molecule has 0 fully saturated rings. The van der Waals surface area contributed by atoms with Crippen LogP contribution in [-0.2, 0) is 16.0 Å². The number of carboxylic acids is 1. The van der Waals surface area contributed by atoms with Gasteiger partial charge < -0.3 is 9.84 Å². The van der Waals surface area contributed by atoms with Gasteiger partial charge in [0.2, 0.25) is 0 Å². The number of benzene rings is 1. The Labute approximate surface area is 135 Å². The van der Waals surface area contributed by atoms with Crippen LogP contribution in [0, 0.1) is 0 Å². The fourth-order valence-electron chi connectivity index (χ4n) is 1.58. The molecule has 22 heavy (non-hydrogen) atoms. The second kappa shape index (κ2) is 7.24. The van der Waals surface area contributed by atoms with Gasteiger partial charge in [-0.1, -0.05) is 11.6 Å². The molecule has 2 aromatic rings. The molecular formula is C14H13ClN2O4S. The number of hydrogen-bond acceptors (Lipinski definition) is 5. The second-order valence-electron chi connectivity index (χ2n) is 4.42. The van der Waals surface area contributed by atoms with Crippen molar-refractivity contribution >= 4 is 39.9 Å². The van der Waals surface area contributed by atoms with E-state index in [-0.39, 0.29) is 12.3 Å². The molecule has 0 saturated heterocycles. The highest BCUT2D eigenvalue weighted by Gasteiger charge is 2.16. The van der Waals surface area contributed by atoms with Crippen LogP contribution in [0.15, 0.2) is 29.6 Å². The predicted molar refractivity (Wildman–Crippen MR) is 83.6 cm³/mol. The highest BCUT2D eigenvalue weighted by molar-refractivity contribution is 7.13. The fraction of sp³-hybridized carbons (Fsp3) is 0.214. The third kappa shape index (κ3) is 4.71. The molecule has 6 nitrogen and oxygen atoms in total. The molecule has 0 radical (unpaired) electrons. The summed E-state index contributed by atoms with van der Waals surface area (Å²) in [5.74, 6) is -0.813. The quantitative estimate of drug-likeness (QED) is 0.844. The zero-order valence-electron chi connectivity index (χ0n) is 11.6. The number of rotatable bonds is 6. The minimum Gasteiger partial charge on any atom is -0.481 e. The van der Waals surface area contributed by atoms with Crippen LogP contribution in [0.25, 0.3) is 0 Å². The van der Waals surface area contributed by atoms with Crippen LogP contribution < -0.4 is 10.1 Å². The Balaban J connectivity index is 1.92. The molecule has 0 unspecified atom stereocenters. The van der Waals surface area contributed by atoms with Gasteiger partial charge in [0.05, 0.1) is 12.1 Å². The van der Waals surface area contributed by atoms with E-state index in [4.69, 9.17) is 21.4 Å². The van der Waals surface area contributed by atoms with Crippen LogP contribution in [0.1, 0.15) is 12.6 Å². The minimum atomic E-state index is -0.970. The van der Waals surface area contributed by atoms with Crippen molar-refractivity contribution < 1.29 is 19.4 Å². The van der Waals surface area contributed by atoms with E-state index in [0.717, 1.165) is 0 Å². The van der Waals surface area contributed by atoms with E-state index in [1.165, 1.54) is 11.3 Å². The Morgan fingerprint density at radius 2 is 2.09 bits per heavy atom. The number of carbonyl (C=O) groups is 2. The number of halogens is 1. The van der Waals surface area contributed by atoms with Crippen LogP contribution in [0.4, 0.5) is 5.13 Å². The van der Waals surface area contributed by atoms with Crippen molar-refractivity contribution in [2.75, 3.05) is 5.32 Å². The van der Waals surface area contributed by atoms with E-state index in [0.29, 0.717) is 21.6 Å². The molecule has 0 aliphatic heterocycles. The number of carbonyl (C=O) groups excluding carboxylic acids is 1. The number of ether oxygens (including phenoxy) is 1. The van der Waals surface area contributed by atoms with Gasteiger partial charge in [-0.2, -0.15) is 0 Å². The number of amides is 1. The maximum atomic E-state index is 12.0.